The lowest BCUT2D eigenvalue weighted by Crippen LogP contribution is -2.36. The molecule has 0 aliphatic heterocycles. The minimum absolute atomic E-state index is 0.715. The van der Waals surface area contributed by atoms with Crippen LogP contribution >= 0.6 is 0 Å². The van der Waals surface area contributed by atoms with Gasteiger partial charge < -0.3 is 22.9 Å². The van der Waals surface area contributed by atoms with E-state index in [1.165, 1.54) is 0 Å². The van der Waals surface area contributed by atoms with E-state index in [4.69, 9.17) is 13.9 Å². The van der Waals surface area contributed by atoms with Crippen LogP contribution in [-0.2, 0) is 0 Å². The average Bonchev–Trinajstić information content (AvgIpc) is 2.98. The van der Waals surface area contributed by atoms with E-state index in [1.54, 1.807) is 0 Å². The lowest BCUT2D eigenvalue weighted by atomic mass is 10.1. The third-order valence-corrected chi connectivity index (χ3v) is 4.90. The lowest BCUT2D eigenvalue weighted by Gasteiger charge is -2.23. The molecule has 0 amide bonds. The van der Waals surface area contributed by atoms with E-state index in [9.17, 15) is 0 Å². The van der Waals surface area contributed by atoms with Crippen molar-refractivity contribution in [2.45, 2.75) is 12.8 Å². The molecule has 0 atom stereocenters. The summed E-state index contributed by atoms with van der Waals surface area (Å²) in [5.74, 6) is 1.75. The molecule has 0 fully saturated rings. The quantitative estimate of drug-likeness (QED) is 0.370. The van der Waals surface area contributed by atoms with Gasteiger partial charge in [0.2, 0.25) is 0 Å². The van der Waals surface area contributed by atoms with Gasteiger partial charge in [0.05, 0.1) is 68.6 Å². The first-order valence-electron chi connectivity index (χ1n) is 10.4. The standard InChI is InChI=1S/C24H36N2O3/c1-25(2,3)13-7-15-27-19-10-12-23-22(17-19)21-11-9-20(18-24(21)29-23)28-16-8-14-26(4,5)6/h9-12,17-18H,7-8,13-16H2,1-6H3/q+2. The summed E-state index contributed by atoms with van der Waals surface area (Å²) in [5.41, 5.74) is 1.73. The summed E-state index contributed by atoms with van der Waals surface area (Å²) in [4.78, 5) is 0. The zero-order chi connectivity index (χ0) is 21.1. The Morgan fingerprint density at radius 3 is 1.79 bits per heavy atom. The van der Waals surface area contributed by atoms with Crippen molar-refractivity contribution >= 4 is 21.9 Å². The Balaban J connectivity index is 1.65. The molecule has 29 heavy (non-hydrogen) atoms. The van der Waals surface area contributed by atoms with E-state index >= 15 is 0 Å². The van der Waals surface area contributed by atoms with Gasteiger partial charge in [0.15, 0.2) is 0 Å². The minimum atomic E-state index is 0.715. The smallest absolute Gasteiger partial charge is 0.139 e. The number of benzene rings is 2. The van der Waals surface area contributed by atoms with Gasteiger partial charge in [-0.2, -0.15) is 0 Å². The molecule has 3 aromatic rings. The number of ether oxygens (including phenoxy) is 2. The van der Waals surface area contributed by atoms with E-state index in [1.807, 2.05) is 24.3 Å². The SMILES string of the molecule is C[N+](C)(C)CCCOc1ccc2c(c1)oc1ccc(OCCC[N+](C)(C)C)cc12. The van der Waals surface area contributed by atoms with E-state index in [0.29, 0.717) is 6.61 Å². The molecule has 158 valence electrons. The molecule has 5 nitrogen and oxygen atoms in total. The predicted octanol–water partition coefficient (Wildman–Crippen LogP) is 4.54. The highest BCUT2D eigenvalue weighted by atomic mass is 16.5. The summed E-state index contributed by atoms with van der Waals surface area (Å²) in [6.07, 6.45) is 2.05. The molecule has 5 heteroatoms. The lowest BCUT2D eigenvalue weighted by molar-refractivity contribution is -0.870. The van der Waals surface area contributed by atoms with Crippen LogP contribution in [0.5, 0.6) is 11.5 Å². The fourth-order valence-corrected chi connectivity index (χ4v) is 3.37. The van der Waals surface area contributed by atoms with Crippen LogP contribution in [0.1, 0.15) is 12.8 Å². The maximum absolute atomic E-state index is 6.04. The molecule has 0 N–H and O–H groups in total. The molecule has 0 saturated carbocycles. The Morgan fingerprint density at radius 1 is 0.655 bits per heavy atom. The first-order valence-corrected chi connectivity index (χ1v) is 10.4. The Bertz CT molecular complexity index is 948. The second-order valence-electron chi connectivity index (χ2n) is 9.85. The van der Waals surface area contributed by atoms with Gasteiger partial charge in [0.25, 0.3) is 0 Å². The van der Waals surface area contributed by atoms with Crippen molar-refractivity contribution in [3.63, 3.8) is 0 Å². The number of quaternary nitrogens is 2. The minimum Gasteiger partial charge on any atom is -0.493 e. The zero-order valence-corrected chi connectivity index (χ0v) is 18.8. The van der Waals surface area contributed by atoms with Gasteiger partial charge in [0, 0.05) is 29.7 Å². The summed E-state index contributed by atoms with van der Waals surface area (Å²) in [5, 5.41) is 2.18. The van der Waals surface area contributed by atoms with Crippen molar-refractivity contribution in [1.29, 1.82) is 0 Å². The molecular weight excluding hydrogens is 364 g/mol. The zero-order valence-electron chi connectivity index (χ0n) is 18.8. The van der Waals surface area contributed by atoms with Gasteiger partial charge in [-0.1, -0.05) is 0 Å². The molecule has 0 radical (unpaired) electrons. The third-order valence-electron chi connectivity index (χ3n) is 4.90. The normalized spacial score (nSPS) is 12.6. The summed E-state index contributed by atoms with van der Waals surface area (Å²) in [7, 11) is 13.2. The summed E-state index contributed by atoms with van der Waals surface area (Å²) in [6, 6.07) is 12.2. The molecule has 0 unspecified atom stereocenters. The van der Waals surface area contributed by atoms with E-state index < -0.39 is 0 Å². The van der Waals surface area contributed by atoms with Crippen LogP contribution < -0.4 is 9.47 Å². The number of rotatable bonds is 10. The van der Waals surface area contributed by atoms with E-state index in [2.05, 4.69) is 54.4 Å². The van der Waals surface area contributed by atoms with Crippen molar-refractivity contribution in [3.05, 3.63) is 36.4 Å². The van der Waals surface area contributed by atoms with Crippen molar-refractivity contribution in [3.8, 4) is 11.5 Å². The highest BCUT2D eigenvalue weighted by Gasteiger charge is 2.11. The fraction of sp³-hybridized carbons (Fsp3) is 0.500. The molecule has 0 saturated heterocycles. The van der Waals surface area contributed by atoms with E-state index in [0.717, 1.165) is 74.9 Å². The van der Waals surface area contributed by atoms with Crippen LogP contribution in [0.3, 0.4) is 0 Å². The maximum atomic E-state index is 6.04. The number of fused-ring (bicyclic) bond motifs is 3. The van der Waals surface area contributed by atoms with Gasteiger partial charge in [-0.3, -0.25) is 0 Å². The van der Waals surface area contributed by atoms with Crippen molar-refractivity contribution in [2.24, 2.45) is 0 Å². The molecule has 2 aromatic carbocycles. The second-order valence-corrected chi connectivity index (χ2v) is 9.85. The average molecular weight is 401 g/mol. The molecule has 1 heterocycles. The van der Waals surface area contributed by atoms with Crippen LogP contribution in [0.25, 0.3) is 21.9 Å². The number of hydrogen-bond acceptors (Lipinski definition) is 3. The second kappa shape index (κ2) is 8.64. The molecule has 0 bridgehead atoms. The first kappa shape index (κ1) is 21.5. The maximum Gasteiger partial charge on any atom is 0.139 e. The highest BCUT2D eigenvalue weighted by Crippen LogP contribution is 2.33. The van der Waals surface area contributed by atoms with Gasteiger partial charge in [-0.15, -0.1) is 0 Å². The first-order chi connectivity index (χ1) is 13.6. The van der Waals surface area contributed by atoms with E-state index in [-0.39, 0.29) is 0 Å². The fourth-order valence-electron chi connectivity index (χ4n) is 3.37. The molecule has 0 aliphatic carbocycles. The Kier molecular flexibility index (Phi) is 6.39. The molecular formula is C24H36N2O3+2. The van der Waals surface area contributed by atoms with Crippen molar-refractivity contribution < 1.29 is 22.9 Å². The topological polar surface area (TPSA) is 31.6 Å². The summed E-state index contributed by atoms with van der Waals surface area (Å²) >= 11 is 0. The predicted molar refractivity (Wildman–Crippen MR) is 120 cm³/mol. The summed E-state index contributed by atoms with van der Waals surface area (Å²) in [6.45, 7) is 3.62. The van der Waals surface area contributed by atoms with Crippen LogP contribution in [0.4, 0.5) is 0 Å². The Morgan fingerprint density at radius 2 is 1.21 bits per heavy atom. The molecule has 0 spiro atoms. The van der Waals surface area contributed by atoms with Gasteiger partial charge in [-0.05, 0) is 30.3 Å². The third kappa shape index (κ3) is 6.38. The van der Waals surface area contributed by atoms with Gasteiger partial charge in [-0.25, -0.2) is 0 Å². The number of furan rings is 1. The van der Waals surface area contributed by atoms with Crippen LogP contribution in [-0.4, -0.2) is 77.6 Å². The number of nitrogens with zero attached hydrogens (tertiary/aromatic N) is 2. The van der Waals surface area contributed by atoms with Crippen molar-refractivity contribution in [1.82, 2.24) is 0 Å². The summed E-state index contributed by atoms with van der Waals surface area (Å²) < 4.78 is 19.8. The van der Waals surface area contributed by atoms with Gasteiger partial charge in [0.1, 0.15) is 22.7 Å². The monoisotopic (exact) mass is 400 g/mol. The molecule has 0 aliphatic rings. The van der Waals surface area contributed by atoms with Crippen LogP contribution in [0, 0.1) is 0 Å². The Hall–Kier alpha value is -2.24. The van der Waals surface area contributed by atoms with Crippen molar-refractivity contribution in [2.75, 3.05) is 68.6 Å². The molecule has 1 aromatic heterocycles. The highest BCUT2D eigenvalue weighted by molar-refractivity contribution is 6.05. The number of hydrogen-bond donors (Lipinski definition) is 0. The Labute approximate surface area is 174 Å². The van der Waals surface area contributed by atoms with Crippen LogP contribution in [0.2, 0.25) is 0 Å². The largest absolute Gasteiger partial charge is 0.493 e. The van der Waals surface area contributed by atoms with Crippen LogP contribution in [0.15, 0.2) is 40.8 Å². The molecule has 3 rings (SSSR count). The van der Waals surface area contributed by atoms with Gasteiger partial charge >= 0.3 is 0 Å².